The van der Waals surface area contributed by atoms with Gasteiger partial charge in [-0.3, -0.25) is 9.78 Å². The van der Waals surface area contributed by atoms with Gasteiger partial charge in [0.25, 0.3) is 5.91 Å². The Labute approximate surface area is 199 Å². The van der Waals surface area contributed by atoms with Gasteiger partial charge in [-0.1, -0.05) is 42.5 Å². The minimum absolute atomic E-state index is 0.128. The van der Waals surface area contributed by atoms with Crippen LogP contribution in [-0.2, 0) is 6.54 Å². The van der Waals surface area contributed by atoms with Crippen molar-refractivity contribution in [3.05, 3.63) is 83.4 Å². The molecule has 0 atom stereocenters. The van der Waals surface area contributed by atoms with E-state index in [4.69, 9.17) is 14.2 Å². The summed E-state index contributed by atoms with van der Waals surface area (Å²) in [6.45, 7) is 0.600. The van der Waals surface area contributed by atoms with Crippen molar-refractivity contribution in [1.29, 1.82) is 0 Å². The van der Waals surface area contributed by atoms with E-state index in [1.807, 2.05) is 72.9 Å². The zero-order chi connectivity index (χ0) is 23.1. The summed E-state index contributed by atoms with van der Waals surface area (Å²) < 4.78 is 17.4. The number of fused-ring (bicyclic) bond motifs is 4. The number of aromatic nitrogens is 1. The molecule has 1 aliphatic heterocycles. The first-order chi connectivity index (χ1) is 16.7. The second kappa shape index (κ2) is 8.35. The Morgan fingerprint density at radius 2 is 1.85 bits per heavy atom. The van der Waals surface area contributed by atoms with Crippen molar-refractivity contribution >= 4 is 38.2 Å². The first-order valence-electron chi connectivity index (χ1n) is 10.8. The Kier molecular flexibility index (Phi) is 5.04. The summed E-state index contributed by atoms with van der Waals surface area (Å²) >= 11 is 1.47. The smallest absolute Gasteiger partial charge is 0.262 e. The zero-order valence-corrected chi connectivity index (χ0v) is 19.1. The van der Waals surface area contributed by atoms with Crippen molar-refractivity contribution in [2.24, 2.45) is 0 Å². The number of hydrogen-bond acceptors (Lipinski definition) is 6. The summed E-state index contributed by atoms with van der Waals surface area (Å²) in [7, 11) is 1.63. The summed E-state index contributed by atoms with van der Waals surface area (Å²) in [6, 6.07) is 21.5. The molecule has 0 unspecified atom stereocenters. The number of pyridine rings is 1. The monoisotopic (exact) mass is 468 g/mol. The molecule has 0 saturated carbocycles. The number of nitrogens with one attached hydrogen (secondary N) is 1. The molecule has 0 aliphatic carbocycles. The van der Waals surface area contributed by atoms with Crippen LogP contribution >= 0.6 is 11.3 Å². The standard InChI is InChI=1S/C27H20N2O4S/c1-31-18-9-5-6-16(10-18)13-29-27(30)26-24(17-7-3-2-4-8-17)20-14-28-21-12-23-22(32-15-33-23)11-19(21)25(20)34-26/h2-12,14H,13,15H2,1H3,(H,29,30). The lowest BCUT2D eigenvalue weighted by Crippen LogP contribution is -2.22. The number of thiophene rings is 1. The van der Waals surface area contributed by atoms with Gasteiger partial charge in [0.2, 0.25) is 6.79 Å². The van der Waals surface area contributed by atoms with E-state index in [1.165, 1.54) is 11.3 Å². The van der Waals surface area contributed by atoms with Crippen LogP contribution in [-0.4, -0.2) is 24.8 Å². The van der Waals surface area contributed by atoms with E-state index in [0.29, 0.717) is 22.9 Å². The molecule has 168 valence electrons. The maximum absolute atomic E-state index is 13.5. The van der Waals surface area contributed by atoms with Crippen LogP contribution in [0.2, 0.25) is 0 Å². The molecule has 2 aromatic heterocycles. The molecule has 0 fully saturated rings. The number of benzene rings is 3. The van der Waals surface area contributed by atoms with Crippen LogP contribution < -0.4 is 19.5 Å². The molecule has 0 saturated heterocycles. The number of carbonyl (C=O) groups is 1. The maximum atomic E-state index is 13.5. The van der Waals surface area contributed by atoms with Gasteiger partial charge in [-0.2, -0.15) is 0 Å². The normalized spacial score (nSPS) is 12.3. The Hall–Kier alpha value is -4.10. The highest BCUT2D eigenvalue weighted by atomic mass is 32.1. The average Bonchev–Trinajstić information content (AvgIpc) is 3.51. The largest absolute Gasteiger partial charge is 0.497 e. The first-order valence-corrected chi connectivity index (χ1v) is 11.6. The summed E-state index contributed by atoms with van der Waals surface area (Å²) in [6.07, 6.45) is 1.84. The van der Waals surface area contributed by atoms with Crippen LogP contribution in [0.15, 0.2) is 72.9 Å². The van der Waals surface area contributed by atoms with Gasteiger partial charge < -0.3 is 19.5 Å². The fourth-order valence-corrected chi connectivity index (χ4v) is 5.45. The summed E-state index contributed by atoms with van der Waals surface area (Å²) in [5.41, 5.74) is 3.63. The molecular weight excluding hydrogens is 448 g/mol. The minimum Gasteiger partial charge on any atom is -0.497 e. The predicted octanol–water partition coefficient (Wildman–Crippen LogP) is 5.78. The fraction of sp³-hybridized carbons (Fsp3) is 0.111. The molecule has 6 rings (SSSR count). The molecule has 3 aromatic carbocycles. The van der Waals surface area contributed by atoms with Gasteiger partial charge >= 0.3 is 0 Å². The number of methoxy groups -OCH3 is 1. The van der Waals surface area contributed by atoms with Crippen LogP contribution in [0.3, 0.4) is 0 Å². The Balaban J connectivity index is 1.46. The molecule has 7 heteroatoms. The summed E-state index contributed by atoms with van der Waals surface area (Å²) in [4.78, 5) is 18.8. The predicted molar refractivity (Wildman–Crippen MR) is 133 cm³/mol. The Morgan fingerprint density at radius 1 is 1.03 bits per heavy atom. The van der Waals surface area contributed by atoms with Gasteiger partial charge in [0.05, 0.1) is 12.6 Å². The average molecular weight is 469 g/mol. The molecule has 1 amide bonds. The Bertz CT molecular complexity index is 1550. The van der Waals surface area contributed by atoms with Crippen molar-refractivity contribution in [2.75, 3.05) is 13.9 Å². The van der Waals surface area contributed by atoms with E-state index >= 15 is 0 Å². The molecule has 1 N–H and O–H groups in total. The van der Waals surface area contributed by atoms with Crippen molar-refractivity contribution in [2.45, 2.75) is 6.54 Å². The SMILES string of the molecule is COc1cccc(CNC(=O)c2sc3c(cnc4cc5c(cc43)OCO5)c2-c2ccccc2)c1. The topological polar surface area (TPSA) is 69.7 Å². The third kappa shape index (κ3) is 3.50. The molecular formula is C27H20N2O4S. The number of rotatable bonds is 5. The second-order valence-electron chi connectivity index (χ2n) is 7.93. The van der Waals surface area contributed by atoms with Gasteiger partial charge in [-0.25, -0.2) is 0 Å². The molecule has 3 heterocycles. The van der Waals surface area contributed by atoms with Gasteiger partial charge in [-0.15, -0.1) is 11.3 Å². The highest BCUT2D eigenvalue weighted by Crippen LogP contribution is 2.44. The van der Waals surface area contributed by atoms with Crippen molar-refractivity contribution in [3.8, 4) is 28.4 Å². The third-order valence-electron chi connectivity index (χ3n) is 5.87. The summed E-state index contributed by atoms with van der Waals surface area (Å²) in [5.74, 6) is 2.02. The maximum Gasteiger partial charge on any atom is 0.262 e. The zero-order valence-electron chi connectivity index (χ0n) is 18.3. The highest BCUT2D eigenvalue weighted by molar-refractivity contribution is 7.22. The van der Waals surface area contributed by atoms with Crippen LogP contribution in [0.1, 0.15) is 15.2 Å². The van der Waals surface area contributed by atoms with E-state index in [0.717, 1.165) is 43.4 Å². The number of hydrogen-bond donors (Lipinski definition) is 1. The van der Waals surface area contributed by atoms with Crippen molar-refractivity contribution in [3.63, 3.8) is 0 Å². The number of carbonyl (C=O) groups excluding carboxylic acids is 1. The first kappa shape index (κ1) is 20.5. The van der Waals surface area contributed by atoms with Crippen LogP contribution in [0.5, 0.6) is 17.2 Å². The molecule has 34 heavy (non-hydrogen) atoms. The number of nitrogens with zero attached hydrogens (tertiary/aromatic N) is 1. The highest BCUT2D eigenvalue weighted by Gasteiger charge is 2.23. The third-order valence-corrected chi connectivity index (χ3v) is 7.11. The quantitative estimate of drug-likeness (QED) is 0.354. The molecule has 0 radical (unpaired) electrons. The minimum atomic E-state index is -0.128. The van der Waals surface area contributed by atoms with Gasteiger partial charge in [0, 0.05) is 39.8 Å². The van der Waals surface area contributed by atoms with E-state index in [1.54, 1.807) is 7.11 Å². The molecule has 6 nitrogen and oxygen atoms in total. The molecule has 1 aliphatic rings. The lowest BCUT2D eigenvalue weighted by molar-refractivity contribution is 0.0955. The van der Waals surface area contributed by atoms with Gasteiger partial charge in [0.1, 0.15) is 10.6 Å². The van der Waals surface area contributed by atoms with E-state index in [2.05, 4.69) is 10.3 Å². The number of amides is 1. The second-order valence-corrected chi connectivity index (χ2v) is 8.95. The molecule has 0 spiro atoms. The van der Waals surface area contributed by atoms with E-state index in [9.17, 15) is 4.79 Å². The molecule has 5 aromatic rings. The Morgan fingerprint density at radius 3 is 2.68 bits per heavy atom. The van der Waals surface area contributed by atoms with Crippen molar-refractivity contribution in [1.82, 2.24) is 10.3 Å². The van der Waals surface area contributed by atoms with Crippen LogP contribution in [0, 0.1) is 0 Å². The number of ether oxygens (including phenoxy) is 3. The van der Waals surface area contributed by atoms with E-state index < -0.39 is 0 Å². The fourth-order valence-electron chi connectivity index (χ4n) is 4.22. The van der Waals surface area contributed by atoms with Gasteiger partial charge in [-0.05, 0) is 29.3 Å². The van der Waals surface area contributed by atoms with E-state index in [-0.39, 0.29) is 12.7 Å². The summed E-state index contributed by atoms with van der Waals surface area (Å²) in [5, 5.41) is 4.96. The lowest BCUT2D eigenvalue weighted by atomic mass is 10.0. The lowest BCUT2D eigenvalue weighted by Gasteiger charge is -2.08. The van der Waals surface area contributed by atoms with Gasteiger partial charge in [0.15, 0.2) is 11.5 Å². The van der Waals surface area contributed by atoms with Crippen molar-refractivity contribution < 1.29 is 19.0 Å². The molecule has 0 bridgehead atoms. The van der Waals surface area contributed by atoms with Crippen LogP contribution in [0.4, 0.5) is 0 Å². The van der Waals surface area contributed by atoms with Crippen LogP contribution in [0.25, 0.3) is 32.1 Å².